The number of thiazole rings is 1. The van der Waals surface area contributed by atoms with E-state index in [-0.39, 0.29) is 0 Å². The third-order valence-corrected chi connectivity index (χ3v) is 4.98. The first-order chi connectivity index (χ1) is 10.4. The monoisotopic (exact) mass is 294 g/mol. The van der Waals surface area contributed by atoms with Crippen LogP contribution in [0.2, 0.25) is 0 Å². The Morgan fingerprint density at radius 2 is 1.95 bits per heavy atom. The first-order valence-electron chi connectivity index (χ1n) is 7.52. The molecule has 0 spiro atoms. The molecule has 3 aromatic rings. The van der Waals surface area contributed by atoms with Crippen LogP contribution in [0.5, 0.6) is 0 Å². The van der Waals surface area contributed by atoms with Gasteiger partial charge in [-0.05, 0) is 42.0 Å². The minimum absolute atomic E-state index is 0.828. The molecule has 21 heavy (non-hydrogen) atoms. The van der Waals surface area contributed by atoms with Crippen LogP contribution in [0.3, 0.4) is 0 Å². The zero-order chi connectivity index (χ0) is 14.1. The van der Waals surface area contributed by atoms with Crippen LogP contribution in [0.15, 0.2) is 48.5 Å². The maximum atomic E-state index is 4.66. The molecular weight excluding hydrogens is 276 g/mol. The SMILES string of the molecule is c1cc(CNCc2nc3ccccc3s2)cc(C2CC2)c1. The molecule has 0 aliphatic heterocycles. The van der Waals surface area contributed by atoms with Crippen LogP contribution >= 0.6 is 11.3 Å². The molecule has 0 saturated heterocycles. The lowest BCUT2D eigenvalue weighted by molar-refractivity contribution is 0.690. The Balaban J connectivity index is 1.39. The lowest BCUT2D eigenvalue weighted by Crippen LogP contribution is -2.12. The van der Waals surface area contributed by atoms with Gasteiger partial charge in [0.05, 0.1) is 10.2 Å². The topological polar surface area (TPSA) is 24.9 Å². The summed E-state index contributed by atoms with van der Waals surface area (Å²) in [6.45, 7) is 1.75. The normalized spacial score (nSPS) is 14.7. The molecular formula is C18H18N2S. The van der Waals surface area contributed by atoms with Crippen LogP contribution in [-0.2, 0) is 13.1 Å². The third-order valence-electron chi connectivity index (χ3n) is 3.94. The smallest absolute Gasteiger partial charge is 0.108 e. The predicted octanol–water partition coefficient (Wildman–Crippen LogP) is 4.46. The lowest BCUT2D eigenvalue weighted by Gasteiger charge is -2.05. The van der Waals surface area contributed by atoms with Crippen LogP contribution in [0.25, 0.3) is 10.2 Å². The number of rotatable bonds is 5. The molecule has 1 aliphatic rings. The van der Waals surface area contributed by atoms with Gasteiger partial charge in [0.15, 0.2) is 0 Å². The van der Waals surface area contributed by atoms with Crippen LogP contribution in [0, 0.1) is 0 Å². The summed E-state index contributed by atoms with van der Waals surface area (Å²) in [4.78, 5) is 4.66. The van der Waals surface area contributed by atoms with E-state index in [4.69, 9.17) is 0 Å². The van der Waals surface area contributed by atoms with Crippen molar-refractivity contribution in [3.63, 3.8) is 0 Å². The Labute approximate surface area is 128 Å². The second-order valence-corrected chi connectivity index (χ2v) is 6.81. The van der Waals surface area contributed by atoms with Crippen molar-refractivity contribution in [3.8, 4) is 0 Å². The number of fused-ring (bicyclic) bond motifs is 1. The highest BCUT2D eigenvalue weighted by Crippen LogP contribution is 2.40. The highest BCUT2D eigenvalue weighted by atomic mass is 32.1. The second-order valence-electron chi connectivity index (χ2n) is 5.70. The summed E-state index contributed by atoms with van der Waals surface area (Å²) in [6.07, 6.45) is 2.73. The zero-order valence-electron chi connectivity index (χ0n) is 11.9. The average molecular weight is 294 g/mol. The summed E-state index contributed by atoms with van der Waals surface area (Å²) in [5, 5.41) is 4.68. The summed E-state index contributed by atoms with van der Waals surface area (Å²) in [6, 6.07) is 17.3. The molecule has 1 fully saturated rings. The molecule has 2 aromatic carbocycles. The van der Waals surface area contributed by atoms with Gasteiger partial charge in [0.1, 0.15) is 5.01 Å². The maximum absolute atomic E-state index is 4.66. The van der Waals surface area contributed by atoms with Crippen molar-refractivity contribution in [1.82, 2.24) is 10.3 Å². The fraction of sp³-hybridized carbons (Fsp3) is 0.278. The molecule has 4 rings (SSSR count). The summed E-state index contributed by atoms with van der Waals surface area (Å²) in [5.74, 6) is 0.828. The van der Waals surface area contributed by atoms with Crippen molar-refractivity contribution in [2.24, 2.45) is 0 Å². The summed E-state index contributed by atoms with van der Waals surface area (Å²) in [7, 11) is 0. The van der Waals surface area contributed by atoms with Gasteiger partial charge in [-0.1, -0.05) is 36.4 Å². The molecule has 3 heteroatoms. The molecule has 106 valence electrons. The first kappa shape index (κ1) is 13.0. The Hall–Kier alpha value is -1.71. The number of para-hydroxylation sites is 1. The van der Waals surface area contributed by atoms with Crippen molar-refractivity contribution in [1.29, 1.82) is 0 Å². The van der Waals surface area contributed by atoms with E-state index in [2.05, 4.69) is 52.8 Å². The fourth-order valence-corrected chi connectivity index (χ4v) is 3.62. The van der Waals surface area contributed by atoms with Crippen LogP contribution < -0.4 is 5.32 Å². The van der Waals surface area contributed by atoms with Crippen LogP contribution in [0.4, 0.5) is 0 Å². The summed E-state index contributed by atoms with van der Waals surface area (Å²) >= 11 is 1.78. The van der Waals surface area contributed by atoms with Crippen molar-refractivity contribution in [2.75, 3.05) is 0 Å². The molecule has 1 aliphatic carbocycles. The van der Waals surface area contributed by atoms with Crippen molar-refractivity contribution in [3.05, 3.63) is 64.7 Å². The van der Waals surface area contributed by atoms with Gasteiger partial charge in [0, 0.05) is 13.1 Å². The molecule has 1 aromatic heterocycles. The highest BCUT2D eigenvalue weighted by molar-refractivity contribution is 7.18. The van der Waals surface area contributed by atoms with Crippen molar-refractivity contribution in [2.45, 2.75) is 31.8 Å². The molecule has 1 heterocycles. The average Bonchev–Trinajstić information content (AvgIpc) is 3.28. The van der Waals surface area contributed by atoms with Gasteiger partial charge >= 0.3 is 0 Å². The van der Waals surface area contributed by atoms with E-state index in [1.165, 1.54) is 28.7 Å². The van der Waals surface area contributed by atoms with Gasteiger partial charge in [0.2, 0.25) is 0 Å². The first-order valence-corrected chi connectivity index (χ1v) is 8.34. The van der Waals surface area contributed by atoms with Gasteiger partial charge < -0.3 is 5.32 Å². The quantitative estimate of drug-likeness (QED) is 0.751. The van der Waals surface area contributed by atoms with Crippen LogP contribution in [-0.4, -0.2) is 4.98 Å². The van der Waals surface area contributed by atoms with Gasteiger partial charge in [-0.2, -0.15) is 0 Å². The molecule has 1 N–H and O–H groups in total. The molecule has 0 bridgehead atoms. The minimum Gasteiger partial charge on any atom is -0.306 e. The largest absolute Gasteiger partial charge is 0.306 e. The lowest BCUT2D eigenvalue weighted by atomic mass is 10.1. The van der Waals surface area contributed by atoms with Crippen molar-refractivity contribution >= 4 is 21.6 Å². The third kappa shape index (κ3) is 2.99. The van der Waals surface area contributed by atoms with E-state index in [9.17, 15) is 0 Å². The number of nitrogens with one attached hydrogen (secondary N) is 1. The van der Waals surface area contributed by atoms with Gasteiger partial charge in [-0.15, -0.1) is 11.3 Å². The highest BCUT2D eigenvalue weighted by Gasteiger charge is 2.23. The van der Waals surface area contributed by atoms with Gasteiger partial charge in [0.25, 0.3) is 0 Å². The van der Waals surface area contributed by atoms with E-state index in [0.717, 1.165) is 29.5 Å². The molecule has 0 atom stereocenters. The van der Waals surface area contributed by atoms with E-state index in [1.807, 2.05) is 6.07 Å². The number of nitrogens with zero attached hydrogens (tertiary/aromatic N) is 1. The Morgan fingerprint density at radius 3 is 2.81 bits per heavy atom. The fourth-order valence-electron chi connectivity index (χ4n) is 2.68. The predicted molar refractivity (Wildman–Crippen MR) is 88.6 cm³/mol. The van der Waals surface area contributed by atoms with E-state index in [1.54, 1.807) is 11.3 Å². The van der Waals surface area contributed by atoms with E-state index < -0.39 is 0 Å². The van der Waals surface area contributed by atoms with E-state index >= 15 is 0 Å². The minimum atomic E-state index is 0.828. The van der Waals surface area contributed by atoms with E-state index in [0.29, 0.717) is 0 Å². The molecule has 2 nitrogen and oxygen atoms in total. The number of aromatic nitrogens is 1. The zero-order valence-corrected chi connectivity index (χ0v) is 12.7. The van der Waals surface area contributed by atoms with Gasteiger partial charge in [-0.25, -0.2) is 4.98 Å². The Morgan fingerprint density at radius 1 is 1.05 bits per heavy atom. The molecule has 0 radical (unpaired) electrons. The Kier molecular flexibility index (Phi) is 3.45. The summed E-state index contributed by atoms with van der Waals surface area (Å²) in [5.41, 5.74) is 3.99. The second kappa shape index (κ2) is 5.58. The van der Waals surface area contributed by atoms with Crippen molar-refractivity contribution < 1.29 is 0 Å². The molecule has 0 unspecified atom stereocenters. The Bertz CT molecular complexity index is 726. The summed E-state index contributed by atoms with van der Waals surface area (Å²) < 4.78 is 1.27. The van der Waals surface area contributed by atoms with Gasteiger partial charge in [-0.3, -0.25) is 0 Å². The molecule has 1 saturated carbocycles. The number of hydrogen-bond acceptors (Lipinski definition) is 3. The van der Waals surface area contributed by atoms with Crippen LogP contribution in [0.1, 0.15) is 34.9 Å². The number of hydrogen-bond donors (Lipinski definition) is 1. The maximum Gasteiger partial charge on any atom is 0.108 e. The number of benzene rings is 2. The standard InChI is InChI=1S/C18H18N2S/c1-2-7-17-16(6-1)20-18(21-17)12-19-11-13-4-3-5-15(10-13)14-8-9-14/h1-7,10,14,19H,8-9,11-12H2. The molecule has 0 amide bonds.